The number of benzene rings is 2. The maximum Gasteiger partial charge on any atom is 0.406 e. The molecule has 1 aromatic heterocycles. The molecule has 3 aromatic rings. The minimum atomic E-state index is -3.98. The monoisotopic (exact) mass is 467 g/mol. The molecule has 0 unspecified atom stereocenters. The van der Waals surface area contributed by atoms with Gasteiger partial charge in [0.1, 0.15) is 0 Å². The summed E-state index contributed by atoms with van der Waals surface area (Å²) in [5.41, 5.74) is 1.28. The van der Waals surface area contributed by atoms with Gasteiger partial charge in [0.2, 0.25) is 0 Å². The minimum Gasteiger partial charge on any atom is -0.493 e. The molecule has 1 heterocycles. The lowest BCUT2D eigenvalue weighted by Gasteiger charge is -2.17. The normalized spacial score (nSPS) is 11.2. The van der Waals surface area contributed by atoms with Crippen LogP contribution in [0.25, 0.3) is 10.2 Å². The second-order valence-corrected chi connectivity index (χ2v) is 9.01. The highest BCUT2D eigenvalue weighted by Gasteiger charge is 2.20. The first kappa shape index (κ1) is 22.4. The number of rotatable bonds is 8. The molecular formula is C19H21N3O7S2. The number of thiazole rings is 1. The Kier molecular flexibility index (Phi) is 6.71. The Hall–Kier alpha value is -3.25. The summed E-state index contributed by atoms with van der Waals surface area (Å²) in [4.78, 5) is 25.2. The second-order valence-electron chi connectivity index (χ2n) is 6.31. The van der Waals surface area contributed by atoms with Crippen molar-refractivity contribution < 1.29 is 27.4 Å². The summed E-state index contributed by atoms with van der Waals surface area (Å²) in [7, 11) is 0.176. The zero-order valence-electron chi connectivity index (χ0n) is 17.0. The molecule has 0 radical (unpaired) electrons. The number of amides is 1. The molecule has 0 saturated heterocycles. The van der Waals surface area contributed by atoms with E-state index in [-0.39, 0.29) is 22.0 Å². The van der Waals surface area contributed by atoms with Crippen LogP contribution in [0.4, 0.5) is 10.5 Å². The van der Waals surface area contributed by atoms with Gasteiger partial charge >= 0.3 is 11.0 Å². The Morgan fingerprint density at radius 1 is 1.10 bits per heavy atom. The molecule has 1 amide bonds. The molecule has 0 aliphatic carbocycles. The first-order valence-electron chi connectivity index (χ1n) is 9.00. The molecule has 31 heavy (non-hydrogen) atoms. The molecule has 0 aliphatic rings. The van der Waals surface area contributed by atoms with Gasteiger partial charge in [-0.2, -0.15) is 0 Å². The Morgan fingerprint density at radius 3 is 2.48 bits per heavy atom. The van der Waals surface area contributed by atoms with Gasteiger partial charge in [-0.3, -0.25) is 9.52 Å². The van der Waals surface area contributed by atoms with E-state index in [0.717, 1.165) is 11.3 Å². The predicted molar refractivity (Wildman–Crippen MR) is 117 cm³/mol. The van der Waals surface area contributed by atoms with Gasteiger partial charge in [-0.15, -0.1) is 0 Å². The van der Waals surface area contributed by atoms with Crippen LogP contribution in [-0.4, -0.2) is 47.4 Å². The number of aromatic nitrogens is 1. The highest BCUT2D eigenvalue weighted by atomic mass is 32.2. The van der Waals surface area contributed by atoms with Crippen molar-refractivity contribution in [3.8, 4) is 11.5 Å². The Labute approximate surface area is 182 Å². The molecule has 2 aromatic carbocycles. The van der Waals surface area contributed by atoms with Crippen LogP contribution in [0.1, 0.15) is 5.56 Å². The lowest BCUT2D eigenvalue weighted by molar-refractivity contribution is 0.171. The van der Waals surface area contributed by atoms with E-state index in [1.807, 2.05) is 0 Å². The Bertz CT molecular complexity index is 1270. The van der Waals surface area contributed by atoms with Crippen molar-refractivity contribution in [3.05, 3.63) is 45.6 Å². The van der Waals surface area contributed by atoms with Crippen molar-refractivity contribution in [1.82, 2.24) is 10.3 Å². The quantitative estimate of drug-likeness (QED) is 0.462. The zero-order valence-corrected chi connectivity index (χ0v) is 18.6. The lowest BCUT2D eigenvalue weighted by Crippen LogP contribution is -2.25. The van der Waals surface area contributed by atoms with E-state index < -0.39 is 16.1 Å². The minimum absolute atomic E-state index is 0.0116. The number of aromatic amines is 1. The van der Waals surface area contributed by atoms with Crippen LogP contribution >= 0.6 is 11.3 Å². The summed E-state index contributed by atoms with van der Waals surface area (Å²) < 4.78 is 44.4. The molecule has 3 N–H and O–H groups in total. The van der Waals surface area contributed by atoms with E-state index in [1.165, 1.54) is 39.5 Å². The molecule has 0 spiro atoms. The Morgan fingerprint density at radius 2 is 1.81 bits per heavy atom. The number of alkyl carbamates (subject to hydrolysis) is 1. The average Bonchev–Trinajstić information content (AvgIpc) is 3.13. The Balaban J connectivity index is 1.96. The van der Waals surface area contributed by atoms with Gasteiger partial charge in [0.25, 0.3) is 10.0 Å². The summed E-state index contributed by atoms with van der Waals surface area (Å²) in [6.45, 7) is 0.207. The molecule has 0 saturated carbocycles. The molecule has 166 valence electrons. The number of nitrogens with one attached hydrogen (secondary N) is 3. The number of carbonyl (C=O) groups is 1. The number of carbonyl (C=O) groups excluding carboxylic acids is 1. The summed E-state index contributed by atoms with van der Waals surface area (Å²) in [6.07, 6.45) is -0.301. The SMILES string of the molecule is COC(=O)NCCc1cc(OC)c(OC)cc1NS(=O)(=O)c1ccc2sc(=O)[nH]c2c1. The second kappa shape index (κ2) is 9.27. The van der Waals surface area contributed by atoms with E-state index in [1.54, 1.807) is 12.1 Å². The standard InChI is InChI=1S/C19H21N3O7S2/c1-27-15-8-11(6-7-20-18(23)29-3)13(10-16(15)28-2)22-31(25,26)12-4-5-17-14(9-12)21-19(24)30-17/h4-5,8-10,22H,6-7H2,1-3H3,(H,20,23)(H,21,24). The molecule has 10 nitrogen and oxygen atoms in total. The van der Waals surface area contributed by atoms with Gasteiger partial charge in [-0.25, -0.2) is 13.2 Å². The van der Waals surface area contributed by atoms with Crippen LogP contribution in [-0.2, 0) is 21.2 Å². The third kappa shape index (κ3) is 5.09. The third-order valence-corrected chi connectivity index (χ3v) is 6.63. The number of methoxy groups -OCH3 is 3. The number of ether oxygens (including phenoxy) is 3. The van der Waals surface area contributed by atoms with Gasteiger partial charge in [0.05, 0.1) is 42.1 Å². The lowest BCUT2D eigenvalue weighted by atomic mass is 10.1. The van der Waals surface area contributed by atoms with Gasteiger partial charge in [0, 0.05) is 12.6 Å². The van der Waals surface area contributed by atoms with Crippen molar-refractivity contribution in [2.24, 2.45) is 0 Å². The van der Waals surface area contributed by atoms with Crippen molar-refractivity contribution in [3.63, 3.8) is 0 Å². The number of anilines is 1. The van der Waals surface area contributed by atoms with E-state index >= 15 is 0 Å². The summed E-state index contributed by atoms with van der Waals surface area (Å²) in [6, 6.07) is 7.54. The third-order valence-electron chi connectivity index (χ3n) is 4.40. The van der Waals surface area contributed by atoms with E-state index in [4.69, 9.17) is 9.47 Å². The highest BCUT2D eigenvalue weighted by molar-refractivity contribution is 7.92. The first-order chi connectivity index (χ1) is 14.8. The molecule has 0 bridgehead atoms. The molecule has 0 atom stereocenters. The number of fused-ring (bicyclic) bond motifs is 1. The van der Waals surface area contributed by atoms with Gasteiger partial charge in [0.15, 0.2) is 11.5 Å². The topological polar surface area (TPSA) is 136 Å². The fraction of sp³-hybridized carbons (Fsp3) is 0.263. The van der Waals surface area contributed by atoms with Crippen LogP contribution in [0.3, 0.4) is 0 Å². The molecular weight excluding hydrogens is 446 g/mol. The molecule has 3 rings (SSSR count). The van der Waals surface area contributed by atoms with Crippen LogP contribution in [0.2, 0.25) is 0 Å². The highest BCUT2D eigenvalue weighted by Crippen LogP contribution is 2.35. The molecule has 0 aliphatic heterocycles. The van der Waals surface area contributed by atoms with Crippen molar-refractivity contribution in [2.75, 3.05) is 32.6 Å². The number of hydrogen-bond acceptors (Lipinski definition) is 8. The number of H-pyrrole nitrogens is 1. The number of hydrogen-bond donors (Lipinski definition) is 3. The summed E-state index contributed by atoms with van der Waals surface area (Å²) in [5.74, 6) is 0.748. The maximum atomic E-state index is 13.0. The van der Waals surface area contributed by atoms with E-state index in [9.17, 15) is 18.0 Å². The fourth-order valence-corrected chi connectivity index (χ4v) is 4.73. The molecule has 12 heteroatoms. The van der Waals surface area contributed by atoms with Gasteiger partial charge < -0.3 is 24.5 Å². The van der Waals surface area contributed by atoms with Gasteiger partial charge in [-0.05, 0) is 36.2 Å². The smallest absolute Gasteiger partial charge is 0.406 e. The van der Waals surface area contributed by atoms with Gasteiger partial charge in [-0.1, -0.05) is 11.3 Å². The van der Waals surface area contributed by atoms with Crippen molar-refractivity contribution >= 4 is 43.4 Å². The van der Waals surface area contributed by atoms with Crippen LogP contribution in [0.5, 0.6) is 11.5 Å². The van der Waals surface area contributed by atoms with Crippen molar-refractivity contribution in [2.45, 2.75) is 11.3 Å². The zero-order chi connectivity index (χ0) is 22.6. The average molecular weight is 468 g/mol. The van der Waals surface area contributed by atoms with E-state index in [2.05, 4.69) is 19.8 Å². The predicted octanol–water partition coefficient (Wildman–Crippen LogP) is 2.31. The van der Waals surface area contributed by atoms with Crippen molar-refractivity contribution in [1.29, 1.82) is 0 Å². The number of sulfonamides is 1. The molecule has 0 fully saturated rings. The van der Waals surface area contributed by atoms with Crippen LogP contribution in [0.15, 0.2) is 40.0 Å². The fourth-order valence-electron chi connectivity index (χ4n) is 2.90. The largest absolute Gasteiger partial charge is 0.493 e. The first-order valence-corrected chi connectivity index (χ1v) is 11.3. The van der Waals surface area contributed by atoms with E-state index in [0.29, 0.717) is 33.7 Å². The van der Waals surface area contributed by atoms with Crippen LogP contribution < -0.4 is 24.4 Å². The summed E-state index contributed by atoms with van der Waals surface area (Å²) >= 11 is 0.999. The summed E-state index contributed by atoms with van der Waals surface area (Å²) in [5, 5.41) is 2.55. The maximum absolute atomic E-state index is 13.0. The van der Waals surface area contributed by atoms with Crippen LogP contribution in [0, 0.1) is 0 Å².